The minimum atomic E-state index is -0.837. The van der Waals surface area contributed by atoms with E-state index in [0.717, 1.165) is 21.5 Å². The molecule has 0 amide bonds. The fraction of sp³-hybridized carbons (Fsp3) is 0.0909. The van der Waals surface area contributed by atoms with Crippen molar-refractivity contribution in [2.75, 3.05) is 5.32 Å². The predicted octanol–water partition coefficient (Wildman–Crippen LogP) is 4.40. The number of anilines is 1. The third kappa shape index (κ3) is 2.80. The first kappa shape index (κ1) is 11.5. The van der Waals surface area contributed by atoms with Crippen LogP contribution in [0.2, 0.25) is 0 Å². The fourth-order valence-corrected chi connectivity index (χ4v) is 2.46. The summed E-state index contributed by atoms with van der Waals surface area (Å²) in [7, 11) is 0. The lowest BCUT2D eigenvalue weighted by Gasteiger charge is -2.04. The van der Waals surface area contributed by atoms with Gasteiger partial charge in [0.2, 0.25) is 0 Å². The van der Waals surface area contributed by atoms with Gasteiger partial charge in [-0.15, -0.1) is 11.3 Å². The number of halogens is 3. The maximum absolute atomic E-state index is 12.9. The van der Waals surface area contributed by atoms with Gasteiger partial charge in [-0.3, -0.25) is 0 Å². The lowest BCUT2D eigenvalue weighted by Crippen LogP contribution is -1.98. The number of hydrogen-bond acceptors (Lipinski definition) is 2. The van der Waals surface area contributed by atoms with Crippen LogP contribution < -0.4 is 5.32 Å². The second-order valence-corrected chi connectivity index (χ2v) is 5.53. The van der Waals surface area contributed by atoms with E-state index in [1.165, 1.54) is 6.07 Å². The molecule has 84 valence electrons. The Morgan fingerprint density at radius 3 is 2.62 bits per heavy atom. The van der Waals surface area contributed by atoms with E-state index in [1.54, 1.807) is 11.3 Å². The van der Waals surface area contributed by atoms with Crippen molar-refractivity contribution in [3.63, 3.8) is 0 Å². The van der Waals surface area contributed by atoms with Crippen molar-refractivity contribution in [1.29, 1.82) is 0 Å². The molecule has 0 saturated heterocycles. The molecule has 2 rings (SSSR count). The van der Waals surface area contributed by atoms with Crippen LogP contribution in [0.4, 0.5) is 14.5 Å². The first-order chi connectivity index (χ1) is 7.65. The predicted molar refractivity (Wildman–Crippen MR) is 65.7 cm³/mol. The van der Waals surface area contributed by atoms with Gasteiger partial charge in [0.1, 0.15) is 0 Å². The van der Waals surface area contributed by atoms with Crippen LogP contribution >= 0.6 is 27.3 Å². The molecule has 2 aromatic rings. The largest absolute Gasteiger partial charge is 0.381 e. The lowest BCUT2D eigenvalue weighted by atomic mass is 10.2. The zero-order valence-electron chi connectivity index (χ0n) is 8.14. The Morgan fingerprint density at radius 2 is 2.00 bits per heavy atom. The van der Waals surface area contributed by atoms with Gasteiger partial charge in [0.05, 0.1) is 3.79 Å². The van der Waals surface area contributed by atoms with Crippen molar-refractivity contribution in [3.05, 3.63) is 50.6 Å². The minimum absolute atomic E-state index is 0.571. The maximum atomic E-state index is 12.9. The molecule has 1 nitrogen and oxygen atoms in total. The average Bonchev–Trinajstić information content (AvgIpc) is 2.66. The second-order valence-electron chi connectivity index (χ2n) is 3.24. The van der Waals surface area contributed by atoms with Crippen LogP contribution in [0.3, 0.4) is 0 Å². The molecule has 0 aliphatic carbocycles. The molecule has 0 radical (unpaired) electrons. The number of hydrogen-bond donors (Lipinski definition) is 1. The van der Waals surface area contributed by atoms with Crippen molar-refractivity contribution in [1.82, 2.24) is 0 Å². The molecule has 16 heavy (non-hydrogen) atoms. The van der Waals surface area contributed by atoms with Crippen LogP contribution in [0.5, 0.6) is 0 Å². The Labute approximate surface area is 104 Å². The van der Waals surface area contributed by atoms with Crippen molar-refractivity contribution < 1.29 is 8.78 Å². The average molecular weight is 304 g/mol. The van der Waals surface area contributed by atoms with Gasteiger partial charge in [-0.05, 0) is 45.1 Å². The first-order valence-corrected chi connectivity index (χ1v) is 6.24. The Morgan fingerprint density at radius 1 is 1.19 bits per heavy atom. The lowest BCUT2D eigenvalue weighted by molar-refractivity contribution is 0.509. The van der Waals surface area contributed by atoms with Crippen molar-refractivity contribution >= 4 is 33.0 Å². The quantitative estimate of drug-likeness (QED) is 0.886. The molecule has 1 aromatic heterocycles. The molecule has 0 spiro atoms. The Kier molecular flexibility index (Phi) is 3.56. The van der Waals surface area contributed by atoms with Gasteiger partial charge in [-0.25, -0.2) is 8.78 Å². The van der Waals surface area contributed by atoms with Crippen LogP contribution in [0.15, 0.2) is 33.4 Å². The molecule has 0 bridgehead atoms. The van der Waals surface area contributed by atoms with Gasteiger partial charge in [-0.2, -0.15) is 0 Å². The highest BCUT2D eigenvalue weighted by Gasteiger charge is 2.02. The summed E-state index contributed by atoms with van der Waals surface area (Å²) in [5.41, 5.74) is 1.67. The molecule has 5 heteroatoms. The molecular formula is C11H8BrF2NS. The van der Waals surface area contributed by atoms with E-state index >= 15 is 0 Å². The van der Waals surface area contributed by atoms with E-state index in [4.69, 9.17) is 0 Å². The minimum Gasteiger partial charge on any atom is -0.381 e. The van der Waals surface area contributed by atoms with Crippen molar-refractivity contribution in [2.45, 2.75) is 6.54 Å². The first-order valence-electron chi connectivity index (χ1n) is 4.57. The number of rotatable bonds is 3. The molecule has 0 aliphatic rings. The number of benzene rings is 1. The summed E-state index contributed by atoms with van der Waals surface area (Å²) in [4.78, 5) is 0. The van der Waals surface area contributed by atoms with E-state index in [9.17, 15) is 8.78 Å². The van der Waals surface area contributed by atoms with Crippen LogP contribution in [-0.2, 0) is 6.54 Å². The number of nitrogens with one attached hydrogen (secondary N) is 1. The molecule has 0 atom stereocenters. The van der Waals surface area contributed by atoms with Gasteiger partial charge in [0.25, 0.3) is 0 Å². The monoisotopic (exact) mass is 303 g/mol. The number of thiophene rings is 1. The molecule has 0 saturated carbocycles. The van der Waals surface area contributed by atoms with Gasteiger partial charge < -0.3 is 5.32 Å². The summed E-state index contributed by atoms with van der Waals surface area (Å²) in [6.07, 6.45) is 0. The second kappa shape index (κ2) is 4.93. The molecule has 1 N–H and O–H groups in total. The van der Waals surface area contributed by atoms with Crippen molar-refractivity contribution in [3.8, 4) is 0 Å². The summed E-state index contributed by atoms with van der Waals surface area (Å²) in [5, 5.41) is 5.02. The summed E-state index contributed by atoms with van der Waals surface area (Å²) in [6, 6.07) is 5.76. The van der Waals surface area contributed by atoms with Crippen LogP contribution in [0, 0.1) is 11.6 Å². The summed E-state index contributed by atoms with van der Waals surface area (Å²) in [5.74, 6) is -1.67. The summed E-state index contributed by atoms with van der Waals surface area (Å²) >= 11 is 4.95. The molecule has 1 heterocycles. The zero-order chi connectivity index (χ0) is 11.5. The van der Waals surface area contributed by atoms with E-state index in [0.29, 0.717) is 12.2 Å². The highest BCUT2D eigenvalue weighted by Crippen LogP contribution is 2.21. The summed E-state index contributed by atoms with van der Waals surface area (Å²) < 4.78 is 26.6. The molecular weight excluding hydrogens is 296 g/mol. The van der Waals surface area contributed by atoms with E-state index in [-0.39, 0.29) is 0 Å². The Balaban J connectivity index is 2.02. The standard InChI is InChI=1S/C11H8BrF2NS/c12-11-3-7(6-16-11)5-15-8-1-2-9(13)10(14)4-8/h1-4,6,15H,5H2. The van der Waals surface area contributed by atoms with E-state index in [1.807, 2.05) is 11.4 Å². The van der Waals surface area contributed by atoms with Gasteiger partial charge >= 0.3 is 0 Å². The van der Waals surface area contributed by atoms with Crippen molar-refractivity contribution in [2.24, 2.45) is 0 Å². The van der Waals surface area contributed by atoms with Gasteiger partial charge in [0.15, 0.2) is 11.6 Å². The van der Waals surface area contributed by atoms with Crippen LogP contribution in [0.1, 0.15) is 5.56 Å². The Bertz CT molecular complexity index is 498. The highest BCUT2D eigenvalue weighted by atomic mass is 79.9. The molecule has 1 aromatic carbocycles. The summed E-state index contributed by atoms with van der Waals surface area (Å²) in [6.45, 7) is 0.590. The van der Waals surface area contributed by atoms with Crippen LogP contribution in [0.25, 0.3) is 0 Å². The van der Waals surface area contributed by atoms with E-state index < -0.39 is 11.6 Å². The SMILES string of the molecule is Fc1ccc(NCc2csc(Br)c2)cc1F. The van der Waals surface area contributed by atoms with Gasteiger partial charge in [-0.1, -0.05) is 0 Å². The zero-order valence-corrected chi connectivity index (χ0v) is 10.5. The third-order valence-electron chi connectivity index (χ3n) is 2.04. The van der Waals surface area contributed by atoms with Gasteiger partial charge in [0, 0.05) is 18.3 Å². The maximum Gasteiger partial charge on any atom is 0.160 e. The Hall–Kier alpha value is -0.940. The normalized spacial score (nSPS) is 10.4. The molecule has 0 unspecified atom stereocenters. The molecule has 0 fully saturated rings. The fourth-order valence-electron chi connectivity index (χ4n) is 1.25. The van der Waals surface area contributed by atoms with E-state index in [2.05, 4.69) is 21.2 Å². The topological polar surface area (TPSA) is 12.0 Å². The third-order valence-corrected chi connectivity index (χ3v) is 3.59. The van der Waals surface area contributed by atoms with Crippen LogP contribution in [-0.4, -0.2) is 0 Å². The smallest absolute Gasteiger partial charge is 0.160 e. The highest BCUT2D eigenvalue weighted by molar-refractivity contribution is 9.11. The molecule has 0 aliphatic heterocycles.